The Kier molecular flexibility index (Phi) is 9.10. The number of halogens is 6. The molecule has 0 atom stereocenters. The molecule has 3 amide bonds. The van der Waals surface area contributed by atoms with E-state index in [4.69, 9.17) is 16.3 Å². The zero-order valence-corrected chi connectivity index (χ0v) is 24.3. The molecule has 1 aliphatic heterocycles. The Bertz CT molecular complexity index is 1480. The summed E-state index contributed by atoms with van der Waals surface area (Å²) in [6.45, 7) is -0.432. The van der Waals surface area contributed by atoms with Gasteiger partial charge in [0.25, 0.3) is 11.1 Å². The predicted molar refractivity (Wildman–Crippen MR) is 150 cm³/mol. The number of hydrogen-bond acceptors (Lipinski definition) is 5. The maximum Gasteiger partial charge on any atom is 0.416 e. The minimum absolute atomic E-state index is 0.0791. The van der Waals surface area contributed by atoms with Gasteiger partial charge in [-0.2, -0.15) is 13.2 Å². The fourth-order valence-corrected chi connectivity index (χ4v) is 5.95. The Morgan fingerprint density at radius 2 is 1.74 bits per heavy atom. The Morgan fingerprint density at radius 1 is 1.05 bits per heavy atom. The van der Waals surface area contributed by atoms with Crippen LogP contribution < -0.4 is 10.1 Å². The van der Waals surface area contributed by atoms with Crippen LogP contribution in [-0.4, -0.2) is 28.5 Å². The zero-order chi connectivity index (χ0) is 28.3. The summed E-state index contributed by atoms with van der Waals surface area (Å²) in [5.41, 5.74) is 0.321. The fraction of sp³-hybridized carbons (Fsp3) is 0.115. The zero-order valence-electron chi connectivity index (χ0n) is 19.5. The van der Waals surface area contributed by atoms with Gasteiger partial charge in [-0.3, -0.25) is 19.3 Å². The number of benzene rings is 3. The number of anilines is 1. The molecule has 3 aromatic rings. The van der Waals surface area contributed by atoms with Crippen molar-refractivity contribution in [1.29, 1.82) is 0 Å². The Labute approximate surface area is 246 Å². The molecule has 39 heavy (non-hydrogen) atoms. The number of carbonyl (C=O) groups is 3. The number of carbonyl (C=O) groups excluding carboxylic acids is 3. The van der Waals surface area contributed by atoms with Crippen molar-refractivity contribution in [3.8, 4) is 5.75 Å². The van der Waals surface area contributed by atoms with Crippen molar-refractivity contribution in [1.82, 2.24) is 4.90 Å². The minimum Gasteiger partial charge on any atom is -0.486 e. The molecule has 6 nitrogen and oxygen atoms in total. The van der Waals surface area contributed by atoms with Crippen molar-refractivity contribution in [3.05, 3.63) is 96.2 Å². The summed E-state index contributed by atoms with van der Waals surface area (Å²) in [6.07, 6.45) is -3.09. The maximum absolute atomic E-state index is 12.9. The van der Waals surface area contributed by atoms with Gasteiger partial charge in [0.2, 0.25) is 5.91 Å². The molecule has 0 unspecified atom stereocenters. The molecule has 13 heteroatoms. The van der Waals surface area contributed by atoms with Crippen LogP contribution in [0.2, 0.25) is 5.02 Å². The first-order valence-electron chi connectivity index (χ1n) is 11.0. The summed E-state index contributed by atoms with van der Waals surface area (Å²) < 4.78 is 45.8. The Balaban J connectivity index is 1.43. The van der Waals surface area contributed by atoms with Crippen LogP contribution in [0.5, 0.6) is 5.75 Å². The van der Waals surface area contributed by atoms with E-state index in [2.05, 4.69) is 37.2 Å². The number of alkyl halides is 3. The Hall–Kier alpha value is -2.80. The first-order chi connectivity index (χ1) is 18.4. The van der Waals surface area contributed by atoms with Gasteiger partial charge in [-0.1, -0.05) is 35.9 Å². The van der Waals surface area contributed by atoms with Gasteiger partial charge in [0.15, 0.2) is 0 Å². The van der Waals surface area contributed by atoms with Crippen molar-refractivity contribution in [2.24, 2.45) is 0 Å². The molecule has 0 aliphatic carbocycles. The molecule has 0 spiro atoms. The molecule has 1 saturated heterocycles. The van der Waals surface area contributed by atoms with Gasteiger partial charge in [0, 0.05) is 16.3 Å². The highest BCUT2D eigenvalue weighted by atomic mass is 79.9. The average Bonchev–Trinajstić information content (AvgIpc) is 3.11. The summed E-state index contributed by atoms with van der Waals surface area (Å²) in [4.78, 5) is 38.5. The van der Waals surface area contributed by atoms with Crippen LogP contribution in [0.3, 0.4) is 0 Å². The lowest BCUT2D eigenvalue weighted by Crippen LogP contribution is -2.36. The van der Waals surface area contributed by atoms with Gasteiger partial charge in [-0.15, -0.1) is 0 Å². The second kappa shape index (κ2) is 12.2. The molecule has 4 rings (SSSR count). The summed E-state index contributed by atoms with van der Waals surface area (Å²) in [5, 5.41) is 2.18. The van der Waals surface area contributed by atoms with Crippen LogP contribution in [-0.2, 0) is 22.4 Å². The number of nitrogens with one attached hydrogen (secondary N) is 1. The smallest absolute Gasteiger partial charge is 0.416 e. The highest BCUT2D eigenvalue weighted by Gasteiger charge is 2.36. The lowest BCUT2D eigenvalue weighted by molar-refractivity contribution is -0.137. The SMILES string of the molecule is O=C(CN1C(=O)S/C(=C\c2cc(Br)c(OCc3ccccc3Cl)c(Br)c2)C1=O)Nc1cccc(C(F)(F)F)c1. The molecule has 202 valence electrons. The van der Waals surface area contributed by atoms with Crippen LogP contribution in [0.4, 0.5) is 23.7 Å². The van der Waals surface area contributed by atoms with E-state index in [1.165, 1.54) is 12.1 Å². The van der Waals surface area contributed by atoms with Crippen molar-refractivity contribution >= 4 is 84.0 Å². The third-order valence-corrected chi connectivity index (χ3v) is 7.75. The van der Waals surface area contributed by atoms with Crippen LogP contribution in [0, 0.1) is 0 Å². The number of nitrogens with zero attached hydrogens (tertiary/aromatic N) is 1. The lowest BCUT2D eigenvalue weighted by atomic mass is 10.2. The van der Waals surface area contributed by atoms with Crippen LogP contribution in [0.15, 0.2) is 74.5 Å². The molecule has 1 aliphatic rings. The van der Waals surface area contributed by atoms with Gasteiger partial charge in [0.1, 0.15) is 18.9 Å². The molecule has 0 aromatic heterocycles. The molecule has 1 fully saturated rings. The topological polar surface area (TPSA) is 75.7 Å². The summed E-state index contributed by atoms with van der Waals surface area (Å²) in [5.74, 6) is -1.01. The lowest BCUT2D eigenvalue weighted by Gasteiger charge is -2.14. The standard InChI is InChI=1S/C26H16Br2ClF3N2O4S/c27-18-8-14(9-19(28)23(18)38-13-15-4-1-2-7-20(15)29)10-21-24(36)34(25(37)39-21)12-22(35)33-17-6-3-5-16(11-17)26(30,31)32/h1-11H,12-13H2,(H,33,35)/b21-10-. The largest absolute Gasteiger partial charge is 0.486 e. The second-order valence-corrected chi connectivity index (χ2v) is 11.2. The molecular formula is C26H16Br2ClF3N2O4S. The summed E-state index contributed by atoms with van der Waals surface area (Å²) >= 11 is 13.7. The third-order valence-electron chi connectivity index (χ3n) is 5.30. The minimum atomic E-state index is -4.58. The molecule has 0 saturated carbocycles. The normalized spacial score (nSPS) is 14.7. The van der Waals surface area contributed by atoms with E-state index in [-0.39, 0.29) is 17.2 Å². The molecule has 0 radical (unpaired) electrons. The van der Waals surface area contributed by atoms with E-state index in [1.54, 1.807) is 18.2 Å². The molecule has 3 aromatic carbocycles. The van der Waals surface area contributed by atoms with Crippen LogP contribution in [0.25, 0.3) is 6.08 Å². The first-order valence-corrected chi connectivity index (χ1v) is 13.8. The van der Waals surface area contributed by atoms with E-state index in [9.17, 15) is 27.6 Å². The van der Waals surface area contributed by atoms with Crippen LogP contribution in [0.1, 0.15) is 16.7 Å². The molecule has 0 bridgehead atoms. The molecule has 1 heterocycles. The van der Waals surface area contributed by atoms with Gasteiger partial charge in [0.05, 0.1) is 19.4 Å². The number of rotatable bonds is 7. The fourth-order valence-electron chi connectivity index (χ4n) is 3.47. The molecular weight excluding hydrogens is 689 g/mol. The number of ether oxygens (including phenoxy) is 1. The predicted octanol–water partition coefficient (Wildman–Crippen LogP) is 8.14. The third kappa shape index (κ3) is 7.24. The highest BCUT2D eigenvalue weighted by Crippen LogP contribution is 2.38. The summed E-state index contributed by atoms with van der Waals surface area (Å²) in [6, 6.07) is 14.7. The van der Waals surface area contributed by atoms with E-state index in [1.807, 2.05) is 18.2 Å². The number of thioether (sulfide) groups is 1. The van der Waals surface area contributed by atoms with Crippen LogP contribution >= 0.6 is 55.2 Å². The average molecular weight is 705 g/mol. The van der Waals surface area contributed by atoms with E-state index < -0.39 is 35.3 Å². The van der Waals surface area contributed by atoms with Crippen molar-refractivity contribution in [2.75, 3.05) is 11.9 Å². The van der Waals surface area contributed by atoms with Gasteiger partial charge in [-0.05, 0) is 91.7 Å². The van der Waals surface area contributed by atoms with Gasteiger partial charge >= 0.3 is 6.18 Å². The number of imide groups is 1. The highest BCUT2D eigenvalue weighted by molar-refractivity contribution is 9.11. The number of hydrogen-bond donors (Lipinski definition) is 1. The van der Waals surface area contributed by atoms with E-state index in [0.29, 0.717) is 37.0 Å². The maximum atomic E-state index is 12.9. The van der Waals surface area contributed by atoms with E-state index >= 15 is 0 Å². The van der Waals surface area contributed by atoms with Gasteiger partial charge in [-0.25, -0.2) is 0 Å². The Morgan fingerprint density at radius 3 is 2.41 bits per heavy atom. The van der Waals surface area contributed by atoms with Crippen molar-refractivity contribution in [2.45, 2.75) is 12.8 Å². The molecule has 1 N–H and O–H groups in total. The van der Waals surface area contributed by atoms with Gasteiger partial charge < -0.3 is 10.1 Å². The summed E-state index contributed by atoms with van der Waals surface area (Å²) in [7, 11) is 0. The van der Waals surface area contributed by atoms with Crippen molar-refractivity contribution < 1.29 is 32.3 Å². The van der Waals surface area contributed by atoms with E-state index in [0.717, 1.165) is 28.7 Å². The monoisotopic (exact) mass is 702 g/mol. The van der Waals surface area contributed by atoms with Crippen molar-refractivity contribution in [3.63, 3.8) is 0 Å². The second-order valence-electron chi connectivity index (χ2n) is 8.09. The quantitative estimate of drug-likeness (QED) is 0.252. The first kappa shape index (κ1) is 29.2. The number of amides is 3.